The molecule has 31 heavy (non-hydrogen) atoms. The first-order valence-electron chi connectivity index (χ1n) is 9.96. The van der Waals surface area contributed by atoms with Crippen molar-refractivity contribution in [1.29, 1.82) is 0 Å². The number of carbonyl (C=O) groups is 1. The molecule has 0 aliphatic heterocycles. The predicted molar refractivity (Wildman–Crippen MR) is 120 cm³/mol. The topological polar surface area (TPSA) is 72.1 Å². The predicted octanol–water partition coefficient (Wildman–Crippen LogP) is 4.84. The van der Waals surface area contributed by atoms with Crippen LogP contribution in [0.1, 0.15) is 18.1 Å². The number of rotatable bonds is 8. The van der Waals surface area contributed by atoms with Gasteiger partial charge in [0, 0.05) is 31.0 Å². The Hall–Kier alpha value is -3.45. The van der Waals surface area contributed by atoms with Gasteiger partial charge >= 0.3 is 0 Å². The van der Waals surface area contributed by atoms with Crippen LogP contribution in [0.2, 0.25) is 0 Å². The molecule has 0 aliphatic carbocycles. The number of carbonyl (C=O) groups excluding carboxylic acids is 1. The number of hydrogen-bond acceptors (Lipinski definition) is 6. The summed E-state index contributed by atoms with van der Waals surface area (Å²) in [5, 5.41) is 8.18. The van der Waals surface area contributed by atoms with E-state index < -0.39 is 0 Å². The molecule has 0 saturated heterocycles. The van der Waals surface area contributed by atoms with Gasteiger partial charge in [0.25, 0.3) is 5.22 Å². The molecule has 2 aromatic heterocycles. The van der Waals surface area contributed by atoms with Gasteiger partial charge < -0.3 is 9.32 Å². The molecule has 2 heterocycles. The highest BCUT2D eigenvalue weighted by atomic mass is 32.2. The van der Waals surface area contributed by atoms with Crippen LogP contribution in [0.25, 0.3) is 11.5 Å². The summed E-state index contributed by atoms with van der Waals surface area (Å²) in [7, 11) is 0. The maximum Gasteiger partial charge on any atom is 0.277 e. The lowest BCUT2D eigenvalue weighted by Gasteiger charge is -2.25. The van der Waals surface area contributed by atoms with E-state index in [4.69, 9.17) is 4.42 Å². The van der Waals surface area contributed by atoms with Gasteiger partial charge in [-0.05, 0) is 30.2 Å². The van der Waals surface area contributed by atoms with E-state index in [1.54, 1.807) is 24.5 Å². The standard InChI is InChI=1S/C24H22N4O2S/c1-18(31-24-27-26-22(30-24)21-12-14-25-15-13-21)23(29)28(16-19-8-4-2-5-9-19)17-20-10-6-3-7-11-20/h2-15,18H,16-17H2,1H3. The van der Waals surface area contributed by atoms with E-state index in [1.807, 2.05) is 72.5 Å². The van der Waals surface area contributed by atoms with Crippen molar-refractivity contribution in [3.8, 4) is 11.5 Å². The Bertz CT molecular complexity index is 1060. The van der Waals surface area contributed by atoms with E-state index in [9.17, 15) is 4.79 Å². The Morgan fingerprint density at radius 2 is 1.48 bits per heavy atom. The summed E-state index contributed by atoms with van der Waals surface area (Å²) in [6.45, 7) is 2.93. The van der Waals surface area contributed by atoms with Gasteiger partial charge in [-0.3, -0.25) is 9.78 Å². The van der Waals surface area contributed by atoms with Crippen LogP contribution in [-0.4, -0.2) is 31.2 Å². The Kier molecular flexibility index (Phi) is 6.74. The average Bonchev–Trinajstić information content (AvgIpc) is 3.28. The smallest absolute Gasteiger partial charge is 0.277 e. The van der Waals surface area contributed by atoms with Crippen LogP contribution in [-0.2, 0) is 17.9 Å². The SMILES string of the molecule is CC(Sc1nnc(-c2ccncc2)o1)C(=O)N(Cc1ccccc1)Cc1ccccc1. The van der Waals surface area contributed by atoms with Crippen LogP contribution in [0, 0.1) is 0 Å². The van der Waals surface area contributed by atoms with Gasteiger partial charge in [-0.1, -0.05) is 72.4 Å². The zero-order valence-electron chi connectivity index (χ0n) is 17.1. The Balaban J connectivity index is 1.48. The largest absolute Gasteiger partial charge is 0.411 e. The number of hydrogen-bond donors (Lipinski definition) is 0. The van der Waals surface area contributed by atoms with Crippen molar-refractivity contribution >= 4 is 17.7 Å². The van der Waals surface area contributed by atoms with Crippen LogP contribution in [0.3, 0.4) is 0 Å². The molecule has 0 N–H and O–H groups in total. The monoisotopic (exact) mass is 430 g/mol. The van der Waals surface area contributed by atoms with E-state index in [1.165, 1.54) is 11.8 Å². The lowest BCUT2D eigenvalue weighted by molar-refractivity contribution is -0.131. The summed E-state index contributed by atoms with van der Waals surface area (Å²) in [5.74, 6) is 0.427. The van der Waals surface area contributed by atoms with Gasteiger partial charge in [-0.15, -0.1) is 10.2 Å². The summed E-state index contributed by atoms with van der Waals surface area (Å²) < 4.78 is 5.75. The highest BCUT2D eigenvalue weighted by Gasteiger charge is 2.24. The van der Waals surface area contributed by atoms with Crippen molar-refractivity contribution < 1.29 is 9.21 Å². The lowest BCUT2D eigenvalue weighted by atomic mass is 10.1. The van der Waals surface area contributed by atoms with Crippen molar-refractivity contribution in [2.24, 2.45) is 0 Å². The molecule has 0 bridgehead atoms. The first-order chi connectivity index (χ1) is 15.2. The Morgan fingerprint density at radius 1 is 0.903 bits per heavy atom. The van der Waals surface area contributed by atoms with Gasteiger partial charge in [-0.2, -0.15) is 0 Å². The van der Waals surface area contributed by atoms with Gasteiger partial charge in [0.2, 0.25) is 11.8 Å². The zero-order valence-corrected chi connectivity index (χ0v) is 17.9. The van der Waals surface area contributed by atoms with Crippen molar-refractivity contribution in [2.45, 2.75) is 30.5 Å². The fourth-order valence-corrected chi connectivity index (χ4v) is 3.91. The molecule has 0 saturated carbocycles. The normalized spacial score (nSPS) is 11.8. The van der Waals surface area contributed by atoms with Crippen molar-refractivity contribution in [3.05, 3.63) is 96.3 Å². The second-order valence-corrected chi connectivity index (χ2v) is 8.33. The lowest BCUT2D eigenvalue weighted by Crippen LogP contribution is -2.35. The minimum atomic E-state index is -0.377. The molecule has 156 valence electrons. The maximum atomic E-state index is 13.3. The Labute approximate surface area is 185 Å². The van der Waals surface area contributed by atoms with Gasteiger partial charge in [0.1, 0.15) is 0 Å². The fraction of sp³-hybridized carbons (Fsp3) is 0.167. The molecule has 4 aromatic rings. The molecule has 1 amide bonds. The quantitative estimate of drug-likeness (QED) is 0.373. The minimum absolute atomic E-state index is 0.0152. The molecular formula is C24H22N4O2S. The number of nitrogens with zero attached hydrogens (tertiary/aromatic N) is 4. The minimum Gasteiger partial charge on any atom is -0.411 e. The third-order valence-electron chi connectivity index (χ3n) is 4.70. The average molecular weight is 431 g/mol. The molecule has 6 nitrogen and oxygen atoms in total. The van der Waals surface area contributed by atoms with Crippen molar-refractivity contribution in [3.63, 3.8) is 0 Å². The third kappa shape index (κ3) is 5.58. The maximum absolute atomic E-state index is 13.3. The molecule has 0 fully saturated rings. The summed E-state index contributed by atoms with van der Waals surface area (Å²) in [5.41, 5.74) is 2.96. The molecule has 1 atom stereocenters. The summed E-state index contributed by atoms with van der Waals surface area (Å²) in [6.07, 6.45) is 3.34. The van der Waals surface area contributed by atoms with E-state index in [2.05, 4.69) is 15.2 Å². The number of pyridine rings is 1. The number of aromatic nitrogens is 3. The number of amides is 1. The van der Waals surface area contributed by atoms with Crippen molar-refractivity contribution in [1.82, 2.24) is 20.1 Å². The number of benzene rings is 2. The zero-order chi connectivity index (χ0) is 21.5. The first-order valence-corrected chi connectivity index (χ1v) is 10.8. The molecule has 0 radical (unpaired) electrons. The van der Waals surface area contributed by atoms with Crippen LogP contribution in [0.15, 0.2) is 94.8 Å². The molecule has 4 rings (SSSR count). The highest BCUT2D eigenvalue weighted by molar-refractivity contribution is 8.00. The van der Waals surface area contributed by atoms with Crippen LogP contribution in [0.4, 0.5) is 0 Å². The second kappa shape index (κ2) is 10.0. The van der Waals surface area contributed by atoms with Crippen molar-refractivity contribution in [2.75, 3.05) is 0 Å². The molecule has 0 aliphatic rings. The molecule has 1 unspecified atom stereocenters. The molecular weight excluding hydrogens is 408 g/mol. The van der Waals surface area contributed by atoms with Crippen LogP contribution in [0.5, 0.6) is 0 Å². The van der Waals surface area contributed by atoms with Gasteiger partial charge in [0.05, 0.1) is 5.25 Å². The molecule has 2 aromatic carbocycles. The second-order valence-electron chi connectivity index (χ2n) is 7.03. The summed E-state index contributed by atoms with van der Waals surface area (Å²) in [6, 6.07) is 23.6. The number of thioether (sulfide) groups is 1. The van der Waals surface area contributed by atoms with E-state index in [-0.39, 0.29) is 11.2 Å². The molecule has 7 heteroatoms. The van der Waals surface area contributed by atoms with E-state index in [0.717, 1.165) is 16.7 Å². The summed E-state index contributed by atoms with van der Waals surface area (Å²) in [4.78, 5) is 19.2. The van der Waals surface area contributed by atoms with E-state index in [0.29, 0.717) is 24.2 Å². The Morgan fingerprint density at radius 3 is 2.06 bits per heavy atom. The van der Waals surface area contributed by atoms with Gasteiger partial charge in [0.15, 0.2) is 0 Å². The van der Waals surface area contributed by atoms with E-state index >= 15 is 0 Å². The summed E-state index contributed by atoms with van der Waals surface area (Å²) >= 11 is 1.27. The third-order valence-corrected chi connectivity index (χ3v) is 5.63. The highest BCUT2D eigenvalue weighted by Crippen LogP contribution is 2.27. The van der Waals surface area contributed by atoms with Crippen LogP contribution >= 0.6 is 11.8 Å². The van der Waals surface area contributed by atoms with Crippen LogP contribution < -0.4 is 0 Å². The molecule has 0 spiro atoms. The fourth-order valence-electron chi connectivity index (χ4n) is 3.15. The van der Waals surface area contributed by atoms with Gasteiger partial charge in [-0.25, -0.2) is 0 Å². The first kappa shape index (κ1) is 20.8.